The van der Waals surface area contributed by atoms with Crippen LogP contribution in [0, 0.1) is 10.1 Å². The molecule has 0 aliphatic rings. The van der Waals surface area contributed by atoms with Crippen LogP contribution in [0.3, 0.4) is 0 Å². The number of nitrogens with zero attached hydrogens (tertiary/aromatic N) is 1. The third-order valence-electron chi connectivity index (χ3n) is 2.43. The van der Waals surface area contributed by atoms with Crippen molar-refractivity contribution in [1.82, 2.24) is 0 Å². The second-order valence-corrected chi connectivity index (χ2v) is 7.83. The molecule has 0 aliphatic carbocycles. The van der Waals surface area contributed by atoms with E-state index in [1.165, 1.54) is 35.1 Å². The molecule has 138 valence electrons. The number of non-ortho nitro benzene ring substituents is 1. The zero-order valence-electron chi connectivity index (χ0n) is 14.1. The number of esters is 1. The summed E-state index contributed by atoms with van der Waals surface area (Å²) < 4.78 is 14.8. The summed E-state index contributed by atoms with van der Waals surface area (Å²) >= 11 is 0.835. The van der Waals surface area contributed by atoms with Gasteiger partial charge in [0.15, 0.2) is 0 Å². The molecule has 1 aromatic rings. The molecule has 0 aliphatic heterocycles. The van der Waals surface area contributed by atoms with Crippen molar-refractivity contribution in [1.29, 1.82) is 0 Å². The zero-order chi connectivity index (χ0) is 18.9. The topological polar surface area (TPSA) is 105 Å². The molecule has 10 heteroatoms. The summed E-state index contributed by atoms with van der Waals surface area (Å²) in [5.74, 6) is 0.470. The van der Waals surface area contributed by atoms with Gasteiger partial charge in [0.25, 0.3) is 5.69 Å². The lowest BCUT2D eigenvalue weighted by molar-refractivity contribution is -0.384. The lowest BCUT2D eigenvalue weighted by Gasteiger charge is -2.19. The minimum atomic E-state index is -0.932. The molecule has 0 saturated carbocycles. The number of rotatable bonds is 8. The van der Waals surface area contributed by atoms with Crippen molar-refractivity contribution in [3.63, 3.8) is 0 Å². The quantitative estimate of drug-likeness (QED) is 0.121. The molecule has 0 heterocycles. The van der Waals surface area contributed by atoms with Crippen LogP contribution in [0.4, 0.5) is 10.5 Å². The Labute approximate surface area is 153 Å². The van der Waals surface area contributed by atoms with Gasteiger partial charge in [-0.1, -0.05) is 10.8 Å². The highest BCUT2D eigenvalue weighted by atomic mass is 33.1. The predicted molar refractivity (Wildman–Crippen MR) is 95.3 cm³/mol. The first-order chi connectivity index (χ1) is 11.7. The molecule has 1 aromatic carbocycles. The average Bonchev–Trinajstić information content (AvgIpc) is 2.49. The number of nitro groups is 1. The fourth-order valence-electron chi connectivity index (χ4n) is 1.50. The summed E-state index contributed by atoms with van der Waals surface area (Å²) in [5.41, 5.74) is -0.598. The fraction of sp³-hybridized carbons (Fsp3) is 0.467. The van der Waals surface area contributed by atoms with Crippen LogP contribution in [0.25, 0.3) is 0 Å². The van der Waals surface area contributed by atoms with Crippen LogP contribution in [0.1, 0.15) is 33.6 Å². The largest absolute Gasteiger partial charge is 0.527 e. The molecular weight excluding hydrogens is 370 g/mol. The third-order valence-corrected chi connectivity index (χ3v) is 4.18. The maximum absolute atomic E-state index is 11.5. The Kier molecular flexibility index (Phi) is 8.56. The van der Waals surface area contributed by atoms with Crippen molar-refractivity contribution in [3.8, 4) is 5.75 Å². The lowest BCUT2D eigenvalue weighted by atomic mass is 10.2. The van der Waals surface area contributed by atoms with Crippen LogP contribution < -0.4 is 4.74 Å². The van der Waals surface area contributed by atoms with Crippen LogP contribution in [0.5, 0.6) is 5.75 Å². The minimum absolute atomic E-state index is 0.101. The summed E-state index contributed by atoms with van der Waals surface area (Å²) in [6.45, 7) is 5.42. The summed E-state index contributed by atoms with van der Waals surface area (Å²) in [7, 11) is 1.25. The number of nitro benzene ring substituents is 1. The predicted octanol–water partition coefficient (Wildman–Crippen LogP) is 4.53. The Morgan fingerprint density at radius 1 is 1.20 bits per heavy atom. The van der Waals surface area contributed by atoms with Crippen molar-refractivity contribution in [2.24, 2.45) is 0 Å². The minimum Gasteiger partial charge on any atom is -0.460 e. The number of ether oxygens (including phenoxy) is 2. The molecule has 0 fully saturated rings. The van der Waals surface area contributed by atoms with Crippen molar-refractivity contribution < 1.29 is 28.2 Å². The molecule has 8 nitrogen and oxygen atoms in total. The van der Waals surface area contributed by atoms with Gasteiger partial charge in [0.05, 0.1) is 4.92 Å². The van der Waals surface area contributed by atoms with E-state index in [9.17, 15) is 19.7 Å². The fourth-order valence-corrected chi connectivity index (χ4v) is 2.84. The molecule has 0 radical (unpaired) electrons. The summed E-state index contributed by atoms with van der Waals surface area (Å²) in [5, 5.41) is 10.5. The maximum Gasteiger partial charge on any atom is 0.527 e. The second-order valence-electron chi connectivity index (χ2n) is 5.77. The number of benzene rings is 1. The van der Waals surface area contributed by atoms with Gasteiger partial charge in [-0.2, -0.15) is 0 Å². The molecule has 0 amide bonds. The van der Waals surface area contributed by atoms with Crippen LogP contribution in [-0.2, 0) is 13.7 Å². The normalized spacial score (nSPS) is 10.8. The van der Waals surface area contributed by atoms with Crippen molar-refractivity contribution in [3.05, 3.63) is 34.4 Å². The number of carbonyl (C=O) groups excluding carboxylic acids is 2. The van der Waals surface area contributed by atoms with Crippen LogP contribution >= 0.6 is 21.9 Å². The Balaban J connectivity index is 2.14. The van der Waals surface area contributed by atoms with Gasteiger partial charge < -0.3 is 13.7 Å². The molecular formula is C15H19NO7S2. The van der Waals surface area contributed by atoms with Gasteiger partial charge in [-0.05, 0) is 39.3 Å². The molecule has 0 N–H and O–H groups in total. The van der Waals surface area contributed by atoms with Crippen LogP contribution in [0.15, 0.2) is 24.3 Å². The van der Waals surface area contributed by atoms with Gasteiger partial charge in [0, 0.05) is 24.3 Å². The molecule has 25 heavy (non-hydrogen) atoms. The molecule has 0 aromatic heterocycles. The molecule has 0 unspecified atom stereocenters. The SMILES string of the molecule is CC(C)(C)OC(=O)CCCSSOC(=O)Oc1ccc([N+](=O)[O-])cc1. The van der Waals surface area contributed by atoms with Crippen LogP contribution in [0.2, 0.25) is 0 Å². The monoisotopic (exact) mass is 389 g/mol. The highest BCUT2D eigenvalue weighted by Gasteiger charge is 2.15. The maximum atomic E-state index is 11.5. The third kappa shape index (κ3) is 9.82. The summed E-state index contributed by atoms with van der Waals surface area (Å²) in [6, 6.07) is 5.05. The van der Waals surface area contributed by atoms with Gasteiger partial charge in [0.2, 0.25) is 0 Å². The van der Waals surface area contributed by atoms with Gasteiger partial charge in [-0.15, -0.1) is 0 Å². The number of carbonyl (C=O) groups is 2. The molecule has 1 rings (SSSR count). The number of hydrogen-bond donors (Lipinski definition) is 0. The van der Waals surface area contributed by atoms with E-state index in [1.807, 2.05) is 0 Å². The first-order valence-corrected chi connectivity index (χ1v) is 9.56. The van der Waals surface area contributed by atoms with E-state index in [0.29, 0.717) is 12.2 Å². The molecule has 0 bridgehead atoms. The van der Waals surface area contributed by atoms with Gasteiger partial charge in [0.1, 0.15) is 22.4 Å². The first-order valence-electron chi connectivity index (χ1n) is 7.31. The van der Waals surface area contributed by atoms with Crippen molar-refractivity contribution in [2.45, 2.75) is 39.2 Å². The standard InChI is InChI=1S/C15H19NO7S2/c1-15(2,3)22-13(17)5-4-10-24-25-23-14(18)21-12-8-6-11(7-9-12)16(19)20/h6-9H,4-5,10H2,1-3H3. The second kappa shape index (κ2) is 10.1. The van der Waals surface area contributed by atoms with Gasteiger partial charge >= 0.3 is 12.1 Å². The number of hydrogen-bond acceptors (Lipinski definition) is 9. The van der Waals surface area contributed by atoms with Crippen molar-refractivity contribution >= 4 is 39.7 Å². The summed E-state index contributed by atoms with van der Waals surface area (Å²) in [4.78, 5) is 32.9. The summed E-state index contributed by atoms with van der Waals surface area (Å²) in [6.07, 6.45) is -0.0516. The Morgan fingerprint density at radius 3 is 2.40 bits per heavy atom. The Bertz CT molecular complexity index is 599. The highest BCUT2D eigenvalue weighted by Crippen LogP contribution is 2.25. The van der Waals surface area contributed by atoms with Crippen molar-refractivity contribution in [2.75, 3.05) is 5.75 Å². The smallest absolute Gasteiger partial charge is 0.460 e. The van der Waals surface area contributed by atoms with E-state index >= 15 is 0 Å². The molecule has 0 spiro atoms. The lowest BCUT2D eigenvalue weighted by Crippen LogP contribution is -2.23. The van der Waals surface area contributed by atoms with Gasteiger partial charge in [-0.3, -0.25) is 14.9 Å². The van der Waals surface area contributed by atoms with Gasteiger partial charge in [-0.25, -0.2) is 4.79 Å². The molecule has 0 saturated heterocycles. The van der Waals surface area contributed by atoms with E-state index in [-0.39, 0.29) is 23.8 Å². The van der Waals surface area contributed by atoms with E-state index in [0.717, 1.165) is 11.1 Å². The van der Waals surface area contributed by atoms with Crippen LogP contribution in [-0.4, -0.2) is 28.4 Å². The first kappa shape index (κ1) is 21.1. The average molecular weight is 389 g/mol. The highest BCUT2D eigenvalue weighted by molar-refractivity contribution is 8.75. The molecule has 0 atom stereocenters. The van der Waals surface area contributed by atoms with E-state index in [4.69, 9.17) is 13.7 Å². The zero-order valence-corrected chi connectivity index (χ0v) is 15.7. The van der Waals surface area contributed by atoms with E-state index in [2.05, 4.69) is 0 Å². The Morgan fingerprint density at radius 2 is 1.84 bits per heavy atom. The van der Waals surface area contributed by atoms with E-state index in [1.54, 1.807) is 20.8 Å². The Hall–Kier alpha value is -1.94. The van der Waals surface area contributed by atoms with E-state index < -0.39 is 16.7 Å².